The van der Waals surface area contributed by atoms with E-state index < -0.39 is 0 Å². The first-order valence-electron chi connectivity index (χ1n) is 12.8. The predicted molar refractivity (Wildman–Crippen MR) is 151 cm³/mol. The second-order valence-corrected chi connectivity index (χ2v) is 9.70. The summed E-state index contributed by atoms with van der Waals surface area (Å²) in [6.07, 6.45) is 4.27. The van der Waals surface area contributed by atoms with Crippen LogP contribution in [0, 0.1) is 5.82 Å². The van der Waals surface area contributed by atoms with Gasteiger partial charge in [-0.3, -0.25) is 4.79 Å². The molecule has 0 aliphatic heterocycles. The number of carbonyl (C=O) groups excluding carboxylic acids is 2. The van der Waals surface area contributed by atoms with Gasteiger partial charge >= 0.3 is 6.03 Å². The summed E-state index contributed by atoms with van der Waals surface area (Å²) in [5.74, 6) is -0.494. The number of nitrogens with zero attached hydrogens (tertiary/aromatic N) is 2. The van der Waals surface area contributed by atoms with E-state index in [0.717, 1.165) is 34.9 Å². The monoisotopic (exact) mass is 534 g/mol. The molecule has 0 fully saturated rings. The molecule has 198 valence electrons. The molecule has 0 unspecified atom stereocenters. The number of fused-ring (bicyclic) bond motifs is 1. The minimum absolute atomic E-state index is 0.0610. The van der Waals surface area contributed by atoms with Gasteiger partial charge in [-0.2, -0.15) is 0 Å². The number of halogens is 2. The van der Waals surface area contributed by atoms with Crippen molar-refractivity contribution in [3.8, 4) is 0 Å². The Balaban J connectivity index is 1.50. The highest BCUT2D eigenvalue weighted by Gasteiger charge is 2.22. The third-order valence-corrected chi connectivity index (χ3v) is 6.71. The number of carbonyl (C=O) groups is 2. The number of nitrogens with one attached hydrogen (secondary N) is 2. The molecule has 0 saturated heterocycles. The molecule has 0 radical (unpaired) electrons. The van der Waals surface area contributed by atoms with E-state index in [0.29, 0.717) is 36.8 Å². The number of rotatable bonds is 11. The number of unbranched alkanes of at least 4 members (excludes halogenated alkanes) is 1. The molecule has 0 spiro atoms. The van der Waals surface area contributed by atoms with Gasteiger partial charge in [0.15, 0.2) is 0 Å². The SMILES string of the molecule is CCCCN(CC(=O)N(CCc1c[nH]c2ccccc12)Cc1ccc(F)cc1)C(=O)Nc1ccc(Cl)cc1. The Morgan fingerprint density at radius 1 is 0.947 bits per heavy atom. The highest BCUT2D eigenvalue weighted by molar-refractivity contribution is 6.30. The fraction of sp³-hybridized carbons (Fsp3) is 0.267. The average Bonchev–Trinajstić information content (AvgIpc) is 3.34. The highest BCUT2D eigenvalue weighted by Crippen LogP contribution is 2.19. The molecule has 4 aromatic rings. The number of amides is 3. The van der Waals surface area contributed by atoms with Crippen LogP contribution in [0.15, 0.2) is 79.0 Å². The number of hydrogen-bond donors (Lipinski definition) is 2. The van der Waals surface area contributed by atoms with Gasteiger partial charge < -0.3 is 20.1 Å². The Morgan fingerprint density at radius 2 is 1.68 bits per heavy atom. The van der Waals surface area contributed by atoms with Gasteiger partial charge in [0, 0.05) is 47.4 Å². The number of benzene rings is 3. The van der Waals surface area contributed by atoms with Gasteiger partial charge in [0.25, 0.3) is 0 Å². The van der Waals surface area contributed by atoms with Crippen LogP contribution >= 0.6 is 11.6 Å². The van der Waals surface area contributed by atoms with E-state index >= 15 is 0 Å². The minimum Gasteiger partial charge on any atom is -0.361 e. The average molecular weight is 535 g/mol. The van der Waals surface area contributed by atoms with Crippen molar-refractivity contribution >= 4 is 40.1 Å². The van der Waals surface area contributed by atoms with Gasteiger partial charge in [-0.25, -0.2) is 9.18 Å². The second kappa shape index (κ2) is 13.1. The van der Waals surface area contributed by atoms with Crippen LogP contribution in [-0.2, 0) is 17.8 Å². The summed E-state index contributed by atoms with van der Waals surface area (Å²) < 4.78 is 13.5. The molecule has 4 rings (SSSR count). The van der Waals surface area contributed by atoms with E-state index in [4.69, 9.17) is 11.6 Å². The number of aromatic amines is 1. The number of H-pyrrole nitrogens is 1. The fourth-order valence-corrected chi connectivity index (χ4v) is 4.42. The minimum atomic E-state index is -0.340. The number of para-hydroxylation sites is 1. The molecular formula is C30H32ClFN4O2. The molecule has 0 bridgehead atoms. The summed E-state index contributed by atoms with van der Waals surface area (Å²) >= 11 is 5.96. The van der Waals surface area contributed by atoms with Gasteiger partial charge in [-0.05, 0) is 66.4 Å². The smallest absolute Gasteiger partial charge is 0.322 e. The van der Waals surface area contributed by atoms with Crippen LogP contribution in [0.5, 0.6) is 0 Å². The summed E-state index contributed by atoms with van der Waals surface area (Å²) in [5, 5.41) is 4.56. The first kappa shape index (κ1) is 27.2. The third-order valence-electron chi connectivity index (χ3n) is 6.46. The summed E-state index contributed by atoms with van der Waals surface area (Å²) in [6, 6.07) is 20.7. The van der Waals surface area contributed by atoms with Crippen molar-refractivity contribution in [3.63, 3.8) is 0 Å². The maximum Gasteiger partial charge on any atom is 0.322 e. The van der Waals surface area contributed by atoms with E-state index in [1.165, 1.54) is 12.1 Å². The Morgan fingerprint density at radius 3 is 2.42 bits per heavy atom. The van der Waals surface area contributed by atoms with E-state index in [-0.39, 0.29) is 24.3 Å². The summed E-state index contributed by atoms with van der Waals surface area (Å²) in [5.41, 5.74) is 3.59. The standard InChI is InChI=1S/C30H32ClFN4O2/c1-2-3-17-36(30(38)34-26-14-10-24(31)11-15-26)21-29(37)35(20-22-8-12-25(32)13-9-22)18-16-23-19-33-28-7-5-4-6-27(23)28/h4-15,19,33H,2-3,16-18,20-21H2,1H3,(H,34,38). The van der Waals surface area contributed by atoms with Crippen LogP contribution < -0.4 is 5.32 Å². The van der Waals surface area contributed by atoms with Gasteiger partial charge in [-0.1, -0.05) is 55.3 Å². The van der Waals surface area contributed by atoms with Crippen LogP contribution in [0.3, 0.4) is 0 Å². The topological polar surface area (TPSA) is 68.4 Å². The van der Waals surface area contributed by atoms with E-state index in [2.05, 4.69) is 16.4 Å². The largest absolute Gasteiger partial charge is 0.361 e. The predicted octanol–water partition coefficient (Wildman–Crippen LogP) is 6.87. The van der Waals surface area contributed by atoms with Crippen molar-refractivity contribution in [2.45, 2.75) is 32.7 Å². The lowest BCUT2D eigenvalue weighted by molar-refractivity contribution is -0.132. The molecule has 3 amide bonds. The molecule has 1 heterocycles. The number of urea groups is 1. The molecule has 0 atom stereocenters. The molecule has 2 N–H and O–H groups in total. The van der Waals surface area contributed by atoms with Crippen LogP contribution in [0.25, 0.3) is 10.9 Å². The van der Waals surface area contributed by atoms with Crippen molar-refractivity contribution < 1.29 is 14.0 Å². The normalized spacial score (nSPS) is 10.9. The zero-order chi connectivity index (χ0) is 26.9. The summed E-state index contributed by atoms with van der Waals surface area (Å²) in [4.78, 5) is 33.3. The lowest BCUT2D eigenvalue weighted by Crippen LogP contribution is -2.45. The number of aromatic nitrogens is 1. The molecule has 3 aromatic carbocycles. The lowest BCUT2D eigenvalue weighted by atomic mass is 10.1. The zero-order valence-electron chi connectivity index (χ0n) is 21.4. The van der Waals surface area contributed by atoms with Crippen molar-refractivity contribution in [2.24, 2.45) is 0 Å². The van der Waals surface area contributed by atoms with Crippen LogP contribution in [0.2, 0.25) is 5.02 Å². The van der Waals surface area contributed by atoms with Crippen molar-refractivity contribution in [2.75, 3.05) is 25.0 Å². The van der Waals surface area contributed by atoms with Gasteiger partial charge in [0.2, 0.25) is 5.91 Å². The van der Waals surface area contributed by atoms with Crippen LogP contribution in [0.1, 0.15) is 30.9 Å². The van der Waals surface area contributed by atoms with Gasteiger partial charge in [0.1, 0.15) is 12.4 Å². The van der Waals surface area contributed by atoms with Crippen molar-refractivity contribution in [3.05, 3.63) is 101 Å². The number of hydrogen-bond acceptors (Lipinski definition) is 2. The molecule has 0 saturated carbocycles. The lowest BCUT2D eigenvalue weighted by Gasteiger charge is -2.28. The Kier molecular flexibility index (Phi) is 9.38. The molecular weight excluding hydrogens is 503 g/mol. The van der Waals surface area contributed by atoms with E-state index in [1.807, 2.05) is 31.3 Å². The van der Waals surface area contributed by atoms with Crippen molar-refractivity contribution in [1.29, 1.82) is 0 Å². The maximum absolute atomic E-state index is 13.6. The van der Waals surface area contributed by atoms with E-state index in [1.54, 1.807) is 46.2 Å². The molecule has 8 heteroatoms. The Bertz CT molecular complexity index is 1350. The van der Waals surface area contributed by atoms with Gasteiger partial charge in [0.05, 0.1) is 0 Å². The Labute approximate surface area is 227 Å². The first-order valence-corrected chi connectivity index (χ1v) is 13.2. The molecule has 6 nitrogen and oxygen atoms in total. The van der Waals surface area contributed by atoms with E-state index in [9.17, 15) is 14.0 Å². The first-order chi connectivity index (χ1) is 18.4. The summed E-state index contributed by atoms with van der Waals surface area (Å²) in [6.45, 7) is 3.21. The third kappa shape index (κ3) is 7.35. The maximum atomic E-state index is 13.6. The molecule has 0 aliphatic rings. The second-order valence-electron chi connectivity index (χ2n) is 9.26. The van der Waals surface area contributed by atoms with Gasteiger partial charge in [-0.15, -0.1) is 0 Å². The zero-order valence-corrected chi connectivity index (χ0v) is 22.2. The van der Waals surface area contributed by atoms with Crippen molar-refractivity contribution in [1.82, 2.24) is 14.8 Å². The highest BCUT2D eigenvalue weighted by atomic mass is 35.5. The quantitative estimate of drug-likeness (QED) is 0.220. The van der Waals surface area contributed by atoms with Crippen LogP contribution in [-0.4, -0.2) is 46.4 Å². The molecule has 1 aromatic heterocycles. The number of anilines is 1. The molecule has 38 heavy (non-hydrogen) atoms. The fourth-order valence-electron chi connectivity index (χ4n) is 4.30. The molecule has 0 aliphatic carbocycles. The summed E-state index contributed by atoms with van der Waals surface area (Å²) in [7, 11) is 0. The Hall–Kier alpha value is -3.84. The van der Waals surface area contributed by atoms with Crippen LogP contribution in [0.4, 0.5) is 14.9 Å².